The molecule has 4 aromatic rings. The van der Waals surface area contributed by atoms with Crippen LogP contribution in [0, 0.1) is 13.8 Å². The SMILES string of the molecule is COc1cc(O)ccc1/C=C(/NC(=O)c1ccccc1)C(=O)Nc1cccc(SC(C)C(=O)Nc2c(C)cccc2C)c1. The average Bonchev–Trinajstić information content (AvgIpc) is 2.99. The molecule has 0 heterocycles. The fourth-order valence-corrected chi connectivity index (χ4v) is 5.18. The number of phenols is 1. The van der Waals surface area contributed by atoms with Crippen LogP contribution in [0.1, 0.15) is 34.0 Å². The molecule has 1 atom stereocenters. The Bertz CT molecular complexity index is 1650. The van der Waals surface area contributed by atoms with Crippen molar-refractivity contribution < 1.29 is 24.2 Å². The van der Waals surface area contributed by atoms with Gasteiger partial charge in [-0.2, -0.15) is 0 Å². The number of methoxy groups -OCH3 is 1. The maximum atomic E-state index is 13.5. The topological polar surface area (TPSA) is 117 Å². The minimum Gasteiger partial charge on any atom is -0.508 e. The van der Waals surface area contributed by atoms with Crippen molar-refractivity contribution >= 4 is 46.9 Å². The van der Waals surface area contributed by atoms with Gasteiger partial charge in [-0.15, -0.1) is 11.8 Å². The third-order valence-corrected chi connectivity index (χ3v) is 7.64. The number of benzene rings is 4. The van der Waals surface area contributed by atoms with E-state index in [0.717, 1.165) is 21.7 Å². The van der Waals surface area contributed by atoms with Gasteiger partial charge in [0.05, 0.1) is 12.4 Å². The van der Waals surface area contributed by atoms with Crippen LogP contribution in [-0.2, 0) is 9.59 Å². The largest absolute Gasteiger partial charge is 0.508 e. The first-order valence-corrected chi connectivity index (χ1v) is 14.4. The molecule has 0 spiro atoms. The summed E-state index contributed by atoms with van der Waals surface area (Å²) in [5.74, 6) is -0.839. The number of anilines is 2. The average molecular weight is 596 g/mol. The standard InChI is InChI=1S/C34H33N3O5S/c1-21-10-8-11-22(2)31(21)37-32(39)23(3)43-28-15-9-14-26(19-28)35-34(41)29(36-33(40)24-12-6-5-7-13-24)18-25-16-17-27(38)20-30(25)42-4/h5-20,23,38H,1-4H3,(H,35,41)(H,36,40)(H,37,39)/b29-18+. The first-order chi connectivity index (χ1) is 20.6. The Balaban J connectivity index is 1.53. The molecule has 0 aliphatic carbocycles. The third kappa shape index (κ3) is 8.27. The van der Waals surface area contributed by atoms with Gasteiger partial charge in [-0.3, -0.25) is 14.4 Å². The van der Waals surface area contributed by atoms with Crippen LogP contribution in [0.2, 0.25) is 0 Å². The van der Waals surface area contributed by atoms with Gasteiger partial charge in [0, 0.05) is 33.5 Å². The predicted octanol–water partition coefficient (Wildman–Crippen LogP) is 6.55. The van der Waals surface area contributed by atoms with Crippen LogP contribution < -0.4 is 20.7 Å². The highest BCUT2D eigenvalue weighted by molar-refractivity contribution is 8.00. The Morgan fingerprint density at radius 1 is 0.860 bits per heavy atom. The van der Waals surface area contributed by atoms with Crippen molar-refractivity contribution in [2.75, 3.05) is 17.7 Å². The Kier molecular flexibility index (Phi) is 10.2. The van der Waals surface area contributed by atoms with E-state index in [1.807, 2.05) is 45.0 Å². The zero-order valence-electron chi connectivity index (χ0n) is 24.3. The monoisotopic (exact) mass is 595 g/mol. The van der Waals surface area contributed by atoms with Gasteiger partial charge >= 0.3 is 0 Å². The summed E-state index contributed by atoms with van der Waals surface area (Å²) in [6.45, 7) is 5.73. The molecule has 3 amide bonds. The van der Waals surface area contributed by atoms with Gasteiger partial charge in [0.1, 0.15) is 17.2 Å². The van der Waals surface area contributed by atoms with Gasteiger partial charge in [-0.1, -0.05) is 42.5 Å². The number of phenolic OH excluding ortho intramolecular Hbond substituents is 1. The first kappa shape index (κ1) is 30.9. The van der Waals surface area contributed by atoms with Gasteiger partial charge in [-0.05, 0) is 80.4 Å². The first-order valence-electron chi connectivity index (χ1n) is 13.5. The van der Waals surface area contributed by atoms with Crippen LogP contribution >= 0.6 is 11.8 Å². The Hall–Kier alpha value is -5.02. The number of thioether (sulfide) groups is 1. The molecule has 4 aromatic carbocycles. The lowest BCUT2D eigenvalue weighted by atomic mass is 10.1. The van der Waals surface area contributed by atoms with E-state index in [-0.39, 0.29) is 17.4 Å². The number of aryl methyl sites for hydroxylation is 2. The summed E-state index contributed by atoms with van der Waals surface area (Å²) >= 11 is 1.36. The molecule has 220 valence electrons. The minimum atomic E-state index is -0.567. The number of carbonyl (C=O) groups is 3. The maximum absolute atomic E-state index is 13.5. The van der Waals surface area contributed by atoms with E-state index < -0.39 is 17.1 Å². The molecule has 8 nitrogen and oxygen atoms in total. The lowest BCUT2D eigenvalue weighted by molar-refractivity contribution is -0.115. The van der Waals surface area contributed by atoms with Crippen molar-refractivity contribution in [2.45, 2.75) is 30.9 Å². The summed E-state index contributed by atoms with van der Waals surface area (Å²) in [6, 6.07) is 26.0. The van der Waals surface area contributed by atoms with E-state index >= 15 is 0 Å². The molecule has 0 bridgehead atoms. The number of rotatable bonds is 10. The van der Waals surface area contributed by atoms with Crippen molar-refractivity contribution in [1.82, 2.24) is 5.32 Å². The molecule has 0 aliphatic heterocycles. The molecule has 0 aliphatic rings. The quantitative estimate of drug-likeness (QED) is 0.122. The van der Waals surface area contributed by atoms with Crippen LogP contribution in [-0.4, -0.2) is 35.2 Å². The second kappa shape index (κ2) is 14.2. The molecular weight excluding hydrogens is 562 g/mol. The molecular formula is C34H33N3O5S. The van der Waals surface area contributed by atoms with E-state index in [1.165, 1.54) is 37.1 Å². The minimum absolute atomic E-state index is 0.000384. The summed E-state index contributed by atoms with van der Waals surface area (Å²) in [4.78, 5) is 40.2. The summed E-state index contributed by atoms with van der Waals surface area (Å²) in [5.41, 5.74) is 4.10. The molecule has 4 N–H and O–H groups in total. The lowest BCUT2D eigenvalue weighted by Crippen LogP contribution is -2.30. The molecule has 0 fully saturated rings. The molecule has 0 aromatic heterocycles. The van der Waals surface area contributed by atoms with E-state index in [2.05, 4.69) is 16.0 Å². The van der Waals surface area contributed by atoms with Crippen molar-refractivity contribution in [3.05, 3.63) is 119 Å². The van der Waals surface area contributed by atoms with Crippen LogP contribution in [0.15, 0.2) is 102 Å². The van der Waals surface area contributed by atoms with E-state index in [9.17, 15) is 19.5 Å². The van der Waals surface area contributed by atoms with Gasteiger partial charge in [-0.25, -0.2) is 0 Å². The number of hydrogen-bond donors (Lipinski definition) is 4. The van der Waals surface area contributed by atoms with Crippen molar-refractivity contribution in [3.8, 4) is 11.5 Å². The molecule has 4 rings (SSSR count). The van der Waals surface area contributed by atoms with Crippen molar-refractivity contribution in [2.24, 2.45) is 0 Å². The van der Waals surface area contributed by atoms with Crippen LogP contribution in [0.25, 0.3) is 6.08 Å². The van der Waals surface area contributed by atoms with Crippen LogP contribution in [0.3, 0.4) is 0 Å². The highest BCUT2D eigenvalue weighted by Crippen LogP contribution is 2.29. The van der Waals surface area contributed by atoms with E-state index in [0.29, 0.717) is 22.6 Å². The van der Waals surface area contributed by atoms with Gasteiger partial charge < -0.3 is 25.8 Å². The second-order valence-corrected chi connectivity index (χ2v) is 11.2. The smallest absolute Gasteiger partial charge is 0.272 e. The summed E-state index contributed by atoms with van der Waals surface area (Å²) in [6.07, 6.45) is 1.48. The van der Waals surface area contributed by atoms with E-state index in [4.69, 9.17) is 4.74 Å². The zero-order chi connectivity index (χ0) is 30.9. The zero-order valence-corrected chi connectivity index (χ0v) is 25.1. The highest BCUT2D eigenvalue weighted by Gasteiger charge is 2.19. The van der Waals surface area contributed by atoms with Crippen LogP contribution in [0.5, 0.6) is 11.5 Å². The van der Waals surface area contributed by atoms with Gasteiger partial charge in [0.2, 0.25) is 5.91 Å². The number of amides is 3. The maximum Gasteiger partial charge on any atom is 0.272 e. The van der Waals surface area contributed by atoms with Gasteiger partial charge in [0.15, 0.2) is 0 Å². The Morgan fingerprint density at radius 2 is 1.56 bits per heavy atom. The fourth-order valence-electron chi connectivity index (χ4n) is 4.26. The Labute approximate surface area is 255 Å². The lowest BCUT2D eigenvalue weighted by Gasteiger charge is -2.16. The summed E-state index contributed by atoms with van der Waals surface area (Å²) in [7, 11) is 1.45. The van der Waals surface area contributed by atoms with E-state index in [1.54, 1.807) is 54.6 Å². The highest BCUT2D eigenvalue weighted by atomic mass is 32.2. The number of para-hydroxylation sites is 1. The second-order valence-electron chi connectivity index (χ2n) is 9.80. The molecule has 43 heavy (non-hydrogen) atoms. The molecule has 0 radical (unpaired) electrons. The molecule has 1 unspecified atom stereocenters. The number of carbonyl (C=O) groups excluding carboxylic acids is 3. The number of nitrogens with one attached hydrogen (secondary N) is 3. The van der Waals surface area contributed by atoms with Crippen molar-refractivity contribution in [3.63, 3.8) is 0 Å². The number of ether oxygens (including phenoxy) is 1. The van der Waals surface area contributed by atoms with Crippen molar-refractivity contribution in [1.29, 1.82) is 0 Å². The Morgan fingerprint density at radius 3 is 2.26 bits per heavy atom. The predicted molar refractivity (Wildman–Crippen MR) is 171 cm³/mol. The third-order valence-electron chi connectivity index (χ3n) is 6.55. The fraction of sp³-hybridized carbons (Fsp3) is 0.147. The summed E-state index contributed by atoms with van der Waals surface area (Å²) < 4.78 is 5.35. The molecule has 0 saturated heterocycles. The normalized spacial score (nSPS) is 11.8. The summed E-state index contributed by atoms with van der Waals surface area (Å²) in [5, 5.41) is 18.0. The molecule has 9 heteroatoms. The van der Waals surface area contributed by atoms with Crippen LogP contribution in [0.4, 0.5) is 11.4 Å². The number of aromatic hydroxyl groups is 1. The molecule has 0 saturated carbocycles. The van der Waals surface area contributed by atoms with Gasteiger partial charge in [0.25, 0.3) is 11.8 Å². The number of hydrogen-bond acceptors (Lipinski definition) is 6.